The van der Waals surface area contributed by atoms with E-state index in [1.165, 1.54) is 0 Å². The lowest BCUT2D eigenvalue weighted by atomic mass is 9.91. The van der Waals surface area contributed by atoms with Crippen LogP contribution in [0, 0.1) is 5.41 Å². The van der Waals surface area contributed by atoms with Crippen LogP contribution in [0.1, 0.15) is 32.6 Å². The summed E-state index contributed by atoms with van der Waals surface area (Å²) in [6.45, 7) is 0.214. The van der Waals surface area contributed by atoms with Crippen LogP contribution in [0.4, 0.5) is 4.79 Å². The lowest BCUT2D eigenvalue weighted by molar-refractivity contribution is -0.117. The van der Waals surface area contributed by atoms with Gasteiger partial charge in [0.25, 0.3) is 0 Å². The maximum atomic E-state index is 11.8. The summed E-state index contributed by atoms with van der Waals surface area (Å²) in [5.74, 6) is 0.155. The van der Waals surface area contributed by atoms with Crippen LogP contribution < -0.4 is 10.6 Å². The molecule has 0 radical (unpaired) electrons. The smallest absolute Gasteiger partial charge is 0.314 e. The number of aliphatic hydroxyl groups is 4. The van der Waals surface area contributed by atoms with Gasteiger partial charge in [-0.3, -0.25) is 0 Å². The van der Waals surface area contributed by atoms with E-state index in [2.05, 4.69) is 10.6 Å². The van der Waals surface area contributed by atoms with E-state index in [0.717, 1.165) is 19.3 Å². The fraction of sp³-hybridized carbons (Fsp3) is 0.875. The number of ketones is 1. The van der Waals surface area contributed by atoms with Crippen LogP contribution in [0.2, 0.25) is 0 Å². The second-order valence-electron chi connectivity index (χ2n) is 6.24. The van der Waals surface area contributed by atoms with E-state index in [1.54, 1.807) is 6.92 Å². The maximum Gasteiger partial charge on any atom is 0.314 e. The van der Waals surface area contributed by atoms with Crippen LogP contribution in [0.5, 0.6) is 0 Å². The number of aliphatic hydroxyl groups excluding tert-OH is 4. The first-order chi connectivity index (χ1) is 11.9. The molecule has 0 aromatic carbocycles. The number of rotatable bonds is 15. The van der Waals surface area contributed by atoms with Gasteiger partial charge in [-0.15, -0.1) is 0 Å². The lowest BCUT2D eigenvalue weighted by Crippen LogP contribution is -2.49. The number of carbonyl (C=O) groups excluding carboxylic acids is 2. The van der Waals surface area contributed by atoms with Crippen molar-refractivity contribution >= 4 is 11.8 Å². The third-order valence-electron chi connectivity index (χ3n) is 3.82. The molecule has 25 heavy (non-hydrogen) atoms. The fourth-order valence-corrected chi connectivity index (χ4v) is 1.97. The molecule has 0 fully saturated rings. The molecule has 0 heterocycles. The highest BCUT2D eigenvalue weighted by molar-refractivity contribution is 5.75. The summed E-state index contributed by atoms with van der Waals surface area (Å²) in [7, 11) is 0. The van der Waals surface area contributed by atoms with Gasteiger partial charge in [0.15, 0.2) is 0 Å². The Morgan fingerprint density at radius 1 is 1.00 bits per heavy atom. The van der Waals surface area contributed by atoms with Crippen molar-refractivity contribution in [2.75, 3.05) is 46.1 Å². The maximum absolute atomic E-state index is 11.8. The van der Waals surface area contributed by atoms with Crippen LogP contribution in [0.25, 0.3) is 0 Å². The van der Waals surface area contributed by atoms with E-state index in [9.17, 15) is 19.8 Å². The summed E-state index contributed by atoms with van der Waals surface area (Å²) in [6.07, 6.45) is 2.13. The zero-order chi connectivity index (χ0) is 19.1. The second kappa shape index (κ2) is 14.0. The number of Topliss-reactive ketones (excluding diaryl/α,β-unsaturated/α-hetero) is 1. The van der Waals surface area contributed by atoms with Gasteiger partial charge in [-0.25, -0.2) is 4.79 Å². The Morgan fingerprint density at radius 2 is 1.64 bits per heavy atom. The van der Waals surface area contributed by atoms with Gasteiger partial charge in [-0.05, 0) is 19.8 Å². The quantitative estimate of drug-likeness (QED) is 0.199. The van der Waals surface area contributed by atoms with Gasteiger partial charge in [-0.1, -0.05) is 6.42 Å². The van der Waals surface area contributed by atoms with Gasteiger partial charge in [0, 0.05) is 19.5 Å². The minimum Gasteiger partial charge on any atom is -0.396 e. The topological polar surface area (TPSA) is 148 Å². The van der Waals surface area contributed by atoms with Crippen molar-refractivity contribution in [2.24, 2.45) is 5.41 Å². The second-order valence-corrected chi connectivity index (χ2v) is 6.24. The zero-order valence-electron chi connectivity index (χ0n) is 14.9. The molecule has 0 aromatic rings. The molecule has 0 spiro atoms. The van der Waals surface area contributed by atoms with E-state index >= 15 is 0 Å². The third kappa shape index (κ3) is 11.1. The van der Waals surface area contributed by atoms with Crippen molar-refractivity contribution in [1.82, 2.24) is 10.6 Å². The molecule has 0 aliphatic heterocycles. The number of hydrogen-bond donors (Lipinski definition) is 6. The average Bonchev–Trinajstić information content (AvgIpc) is 2.61. The molecule has 0 aliphatic carbocycles. The summed E-state index contributed by atoms with van der Waals surface area (Å²) in [5, 5.41) is 42.2. The molecule has 0 atom stereocenters. The predicted octanol–water partition coefficient (Wildman–Crippen LogP) is -1.22. The molecule has 9 heteroatoms. The summed E-state index contributed by atoms with van der Waals surface area (Å²) >= 11 is 0. The number of ether oxygens (including phenoxy) is 1. The van der Waals surface area contributed by atoms with Gasteiger partial charge in [0.1, 0.15) is 11.9 Å². The first-order valence-electron chi connectivity index (χ1n) is 8.49. The molecule has 9 nitrogen and oxygen atoms in total. The monoisotopic (exact) mass is 364 g/mol. The Labute approximate surface area is 148 Å². The minimum absolute atomic E-state index is 0.0280. The van der Waals surface area contributed by atoms with E-state index in [1.807, 2.05) is 0 Å². The number of nitrogens with one attached hydrogen (secondary N) is 2. The van der Waals surface area contributed by atoms with E-state index < -0.39 is 30.8 Å². The Bertz CT molecular complexity index is 371. The Hall–Kier alpha value is -1.26. The molecule has 148 valence electrons. The van der Waals surface area contributed by atoms with Crippen LogP contribution in [0.3, 0.4) is 0 Å². The van der Waals surface area contributed by atoms with Gasteiger partial charge < -0.3 is 40.6 Å². The molecule has 0 bridgehead atoms. The van der Waals surface area contributed by atoms with Crippen molar-refractivity contribution < 1.29 is 34.8 Å². The van der Waals surface area contributed by atoms with Crippen LogP contribution in [0.15, 0.2) is 0 Å². The molecule has 0 rings (SSSR count). The summed E-state index contributed by atoms with van der Waals surface area (Å²) < 4.78 is 5.25. The lowest BCUT2D eigenvalue weighted by Gasteiger charge is -2.31. The van der Waals surface area contributed by atoms with E-state index in [-0.39, 0.29) is 32.1 Å². The van der Waals surface area contributed by atoms with Gasteiger partial charge in [-0.2, -0.15) is 0 Å². The number of hydrogen-bond acceptors (Lipinski definition) is 7. The summed E-state index contributed by atoms with van der Waals surface area (Å²) in [5.41, 5.74) is -1.11. The first-order valence-corrected chi connectivity index (χ1v) is 8.49. The summed E-state index contributed by atoms with van der Waals surface area (Å²) in [4.78, 5) is 22.5. The molecular formula is C16H32N2O7. The number of carbonyl (C=O) groups is 2. The highest BCUT2D eigenvalue weighted by atomic mass is 16.5. The normalized spacial score (nSPS) is 11.6. The first kappa shape index (κ1) is 23.7. The van der Waals surface area contributed by atoms with Crippen LogP contribution in [-0.2, 0) is 9.53 Å². The Balaban J connectivity index is 4.10. The minimum atomic E-state index is -1.11. The van der Waals surface area contributed by atoms with Crippen molar-refractivity contribution in [3.05, 3.63) is 0 Å². The standard InChI is InChI=1S/C16H32N2O7/c1-13(23)5-3-2-4-6-17-15(24)18-9-16(10-21,11-22)12-25-14(7-19)8-20/h14,19-22H,2-12H2,1H3,(H2,17,18,24). The van der Waals surface area contributed by atoms with Crippen LogP contribution in [-0.4, -0.2) is 84.5 Å². The SMILES string of the molecule is CC(=O)CCCCCNC(=O)NCC(CO)(CO)COC(CO)CO. The molecule has 0 saturated heterocycles. The largest absolute Gasteiger partial charge is 0.396 e. The predicted molar refractivity (Wildman–Crippen MR) is 91.1 cm³/mol. The average molecular weight is 364 g/mol. The fourth-order valence-electron chi connectivity index (χ4n) is 1.97. The van der Waals surface area contributed by atoms with Crippen LogP contribution >= 0.6 is 0 Å². The van der Waals surface area contributed by atoms with Gasteiger partial charge in [0.2, 0.25) is 0 Å². The Kier molecular flexibility index (Phi) is 13.3. The molecular weight excluding hydrogens is 332 g/mol. The van der Waals surface area contributed by atoms with Crippen molar-refractivity contribution in [3.63, 3.8) is 0 Å². The zero-order valence-corrected chi connectivity index (χ0v) is 14.9. The van der Waals surface area contributed by atoms with Gasteiger partial charge in [0.05, 0.1) is 38.4 Å². The van der Waals surface area contributed by atoms with Crippen molar-refractivity contribution in [2.45, 2.75) is 38.7 Å². The molecule has 0 aromatic heterocycles. The van der Waals surface area contributed by atoms with E-state index in [0.29, 0.717) is 13.0 Å². The highest BCUT2D eigenvalue weighted by Gasteiger charge is 2.31. The van der Waals surface area contributed by atoms with Gasteiger partial charge >= 0.3 is 6.03 Å². The molecule has 2 amide bonds. The van der Waals surface area contributed by atoms with Crippen molar-refractivity contribution in [1.29, 1.82) is 0 Å². The molecule has 0 saturated carbocycles. The number of amides is 2. The summed E-state index contributed by atoms with van der Waals surface area (Å²) in [6, 6.07) is -0.432. The molecule has 6 N–H and O–H groups in total. The number of unbranched alkanes of at least 4 members (excludes halogenated alkanes) is 2. The highest BCUT2D eigenvalue weighted by Crippen LogP contribution is 2.16. The number of urea groups is 1. The molecule has 0 aliphatic rings. The van der Waals surface area contributed by atoms with Crippen molar-refractivity contribution in [3.8, 4) is 0 Å². The third-order valence-corrected chi connectivity index (χ3v) is 3.82. The van der Waals surface area contributed by atoms with E-state index in [4.69, 9.17) is 14.9 Å². The molecule has 0 unspecified atom stereocenters. The Morgan fingerprint density at radius 3 is 2.16 bits per heavy atom.